The van der Waals surface area contributed by atoms with Crippen molar-refractivity contribution in [2.75, 3.05) is 6.61 Å². The lowest BCUT2D eigenvalue weighted by Crippen LogP contribution is -2.19. The summed E-state index contributed by atoms with van der Waals surface area (Å²) in [5.74, 6) is -0.599. The summed E-state index contributed by atoms with van der Waals surface area (Å²) in [6, 6.07) is 5.31. The zero-order valence-corrected chi connectivity index (χ0v) is 11.6. The first-order chi connectivity index (χ1) is 8.52. The van der Waals surface area contributed by atoms with Crippen molar-refractivity contribution in [1.82, 2.24) is 4.98 Å². The van der Waals surface area contributed by atoms with Crippen LogP contribution in [0.1, 0.15) is 22.8 Å². The molecular formula is C13H12BrNO3. The van der Waals surface area contributed by atoms with Crippen molar-refractivity contribution in [2.45, 2.75) is 13.8 Å². The largest absolute Gasteiger partial charge is 0.462 e. The van der Waals surface area contributed by atoms with Gasteiger partial charge in [0.2, 0.25) is 0 Å². The van der Waals surface area contributed by atoms with E-state index in [1.54, 1.807) is 13.0 Å². The number of aromatic nitrogens is 1. The number of aromatic amines is 1. The number of pyridine rings is 1. The van der Waals surface area contributed by atoms with E-state index in [1.807, 2.05) is 19.1 Å². The predicted molar refractivity (Wildman–Crippen MR) is 73.0 cm³/mol. The molecule has 0 unspecified atom stereocenters. The number of carbonyl (C=O) groups excluding carboxylic acids is 1. The highest BCUT2D eigenvalue weighted by Crippen LogP contribution is 2.22. The van der Waals surface area contributed by atoms with Crippen molar-refractivity contribution in [3.8, 4) is 0 Å². The Hall–Kier alpha value is -1.62. The van der Waals surface area contributed by atoms with E-state index in [2.05, 4.69) is 20.9 Å². The standard InChI is InChI=1S/C13H12BrNO3/c1-3-18-13(17)10-6-8-5-9(14)4-7(2)11(8)15-12(10)16/h4-6H,3H2,1-2H3,(H,15,16). The molecular weight excluding hydrogens is 298 g/mol. The first-order valence-corrected chi connectivity index (χ1v) is 6.32. The number of halogens is 1. The molecule has 1 N–H and O–H groups in total. The highest BCUT2D eigenvalue weighted by atomic mass is 79.9. The van der Waals surface area contributed by atoms with Gasteiger partial charge in [-0.3, -0.25) is 4.79 Å². The smallest absolute Gasteiger partial charge is 0.343 e. The van der Waals surface area contributed by atoms with Crippen LogP contribution in [0.15, 0.2) is 27.5 Å². The summed E-state index contributed by atoms with van der Waals surface area (Å²) < 4.78 is 5.75. The lowest BCUT2D eigenvalue weighted by molar-refractivity contribution is 0.0524. The van der Waals surface area contributed by atoms with Gasteiger partial charge in [0.15, 0.2) is 0 Å². The fraction of sp³-hybridized carbons (Fsp3) is 0.231. The van der Waals surface area contributed by atoms with E-state index in [4.69, 9.17) is 4.74 Å². The number of nitrogens with one attached hydrogen (secondary N) is 1. The molecule has 1 aromatic heterocycles. The lowest BCUT2D eigenvalue weighted by Gasteiger charge is -2.06. The molecule has 4 nitrogen and oxygen atoms in total. The van der Waals surface area contributed by atoms with E-state index in [0.29, 0.717) is 0 Å². The number of hydrogen-bond donors (Lipinski definition) is 1. The summed E-state index contributed by atoms with van der Waals surface area (Å²) in [4.78, 5) is 26.2. The maximum atomic E-state index is 11.8. The van der Waals surface area contributed by atoms with Gasteiger partial charge < -0.3 is 9.72 Å². The normalized spacial score (nSPS) is 10.6. The topological polar surface area (TPSA) is 59.2 Å². The molecule has 0 aliphatic heterocycles. The maximum absolute atomic E-state index is 11.8. The van der Waals surface area contributed by atoms with Gasteiger partial charge in [-0.25, -0.2) is 4.79 Å². The number of ether oxygens (including phenoxy) is 1. The summed E-state index contributed by atoms with van der Waals surface area (Å²) in [5.41, 5.74) is 1.27. The Morgan fingerprint density at radius 2 is 2.11 bits per heavy atom. The Kier molecular flexibility index (Phi) is 3.52. The molecule has 5 heteroatoms. The Labute approximate surface area is 112 Å². The second kappa shape index (κ2) is 4.94. The van der Waals surface area contributed by atoms with Crippen LogP contribution in [0.3, 0.4) is 0 Å². The Balaban J connectivity index is 2.68. The molecule has 0 aliphatic carbocycles. The molecule has 94 valence electrons. The summed E-state index contributed by atoms with van der Waals surface area (Å²) >= 11 is 3.39. The summed E-state index contributed by atoms with van der Waals surface area (Å²) in [6.45, 7) is 3.84. The van der Waals surface area contributed by atoms with Gasteiger partial charge in [-0.15, -0.1) is 0 Å². The summed E-state index contributed by atoms with van der Waals surface area (Å²) in [6.07, 6.45) is 0. The number of benzene rings is 1. The van der Waals surface area contributed by atoms with E-state index >= 15 is 0 Å². The lowest BCUT2D eigenvalue weighted by atomic mass is 10.1. The molecule has 0 amide bonds. The van der Waals surface area contributed by atoms with E-state index in [0.717, 1.165) is 20.9 Å². The number of hydrogen-bond acceptors (Lipinski definition) is 3. The maximum Gasteiger partial charge on any atom is 0.343 e. The number of H-pyrrole nitrogens is 1. The number of carbonyl (C=O) groups is 1. The van der Waals surface area contributed by atoms with Gasteiger partial charge in [-0.05, 0) is 37.6 Å². The van der Waals surface area contributed by atoms with Crippen molar-refractivity contribution < 1.29 is 9.53 Å². The van der Waals surface area contributed by atoms with Crippen LogP contribution in [0.2, 0.25) is 0 Å². The molecule has 0 aliphatic rings. The quantitative estimate of drug-likeness (QED) is 0.868. The van der Waals surface area contributed by atoms with E-state index in [1.165, 1.54) is 0 Å². The first kappa shape index (κ1) is 12.8. The molecule has 0 fully saturated rings. The van der Waals surface area contributed by atoms with Crippen molar-refractivity contribution in [2.24, 2.45) is 0 Å². The highest BCUT2D eigenvalue weighted by molar-refractivity contribution is 9.10. The first-order valence-electron chi connectivity index (χ1n) is 5.53. The van der Waals surface area contributed by atoms with Crippen LogP contribution in [-0.4, -0.2) is 17.6 Å². The van der Waals surface area contributed by atoms with E-state index < -0.39 is 11.5 Å². The number of rotatable bonds is 2. The SMILES string of the molecule is CCOC(=O)c1cc2cc(Br)cc(C)c2[nH]c1=O. The minimum absolute atomic E-state index is 0.0295. The third-order valence-corrected chi connectivity index (χ3v) is 3.07. The van der Waals surface area contributed by atoms with Gasteiger partial charge in [0.1, 0.15) is 5.56 Å². The zero-order valence-electron chi connectivity index (χ0n) is 10.0. The van der Waals surface area contributed by atoms with Crippen LogP contribution in [0, 0.1) is 6.92 Å². The fourth-order valence-corrected chi connectivity index (χ4v) is 2.41. The van der Waals surface area contributed by atoms with Gasteiger partial charge in [0.25, 0.3) is 5.56 Å². The monoisotopic (exact) mass is 309 g/mol. The van der Waals surface area contributed by atoms with E-state index in [9.17, 15) is 9.59 Å². The second-order valence-electron chi connectivity index (χ2n) is 3.92. The molecule has 0 saturated carbocycles. The summed E-state index contributed by atoms with van der Waals surface area (Å²) in [7, 11) is 0. The highest BCUT2D eigenvalue weighted by Gasteiger charge is 2.13. The predicted octanol–water partition coefficient (Wildman–Crippen LogP) is 2.78. The van der Waals surface area contributed by atoms with Crippen LogP contribution in [-0.2, 0) is 4.74 Å². The molecule has 1 heterocycles. The van der Waals surface area contributed by atoms with Crippen molar-refractivity contribution in [3.05, 3.63) is 44.2 Å². The van der Waals surface area contributed by atoms with Crippen molar-refractivity contribution >= 4 is 32.8 Å². The molecule has 0 spiro atoms. The van der Waals surface area contributed by atoms with Crippen LogP contribution < -0.4 is 5.56 Å². The average molecular weight is 310 g/mol. The van der Waals surface area contributed by atoms with Gasteiger partial charge in [-0.2, -0.15) is 0 Å². The van der Waals surface area contributed by atoms with Gasteiger partial charge in [-0.1, -0.05) is 15.9 Å². The number of esters is 1. The van der Waals surface area contributed by atoms with Crippen molar-refractivity contribution in [1.29, 1.82) is 0 Å². The third-order valence-electron chi connectivity index (χ3n) is 2.61. The van der Waals surface area contributed by atoms with Crippen molar-refractivity contribution in [3.63, 3.8) is 0 Å². The molecule has 18 heavy (non-hydrogen) atoms. The van der Waals surface area contributed by atoms with Crippen LogP contribution >= 0.6 is 15.9 Å². The fourth-order valence-electron chi connectivity index (χ4n) is 1.82. The molecule has 0 bridgehead atoms. The second-order valence-corrected chi connectivity index (χ2v) is 4.84. The zero-order chi connectivity index (χ0) is 13.3. The molecule has 2 aromatic rings. The molecule has 0 saturated heterocycles. The molecule has 1 aromatic carbocycles. The van der Waals surface area contributed by atoms with Crippen LogP contribution in [0.25, 0.3) is 10.9 Å². The minimum Gasteiger partial charge on any atom is -0.462 e. The van der Waals surface area contributed by atoms with Gasteiger partial charge in [0.05, 0.1) is 12.1 Å². The van der Waals surface area contributed by atoms with E-state index in [-0.39, 0.29) is 12.2 Å². The number of fused-ring (bicyclic) bond motifs is 1. The Morgan fingerprint density at radius 1 is 1.39 bits per heavy atom. The Morgan fingerprint density at radius 3 is 2.78 bits per heavy atom. The minimum atomic E-state index is -0.599. The average Bonchev–Trinajstić information content (AvgIpc) is 2.29. The molecule has 2 rings (SSSR count). The molecule has 0 atom stereocenters. The van der Waals surface area contributed by atoms with Crippen LogP contribution in [0.5, 0.6) is 0 Å². The molecule has 0 radical (unpaired) electrons. The Bertz CT molecular complexity index is 676. The number of aryl methyl sites for hydroxylation is 1. The third kappa shape index (κ3) is 2.31. The van der Waals surface area contributed by atoms with Crippen LogP contribution in [0.4, 0.5) is 0 Å². The van der Waals surface area contributed by atoms with Gasteiger partial charge >= 0.3 is 5.97 Å². The summed E-state index contributed by atoms with van der Waals surface area (Å²) in [5, 5.41) is 0.796. The van der Waals surface area contributed by atoms with Gasteiger partial charge in [0, 0.05) is 9.86 Å².